The van der Waals surface area contributed by atoms with Gasteiger partial charge in [0.05, 0.1) is 11.3 Å². The van der Waals surface area contributed by atoms with Crippen molar-refractivity contribution in [3.05, 3.63) is 83.9 Å². The van der Waals surface area contributed by atoms with Gasteiger partial charge in [-0.15, -0.1) is 11.8 Å². The van der Waals surface area contributed by atoms with E-state index in [0.29, 0.717) is 17.9 Å². The van der Waals surface area contributed by atoms with Crippen LogP contribution in [0.3, 0.4) is 0 Å². The summed E-state index contributed by atoms with van der Waals surface area (Å²) >= 11 is 1.42. The SMILES string of the molecule is O=C(Nc1ccc(N2CCCCC2)cc1)c1ccccc1SCC(=O)N1CCc2ccccc21. The molecular formula is C28H29N3O2S. The summed E-state index contributed by atoms with van der Waals surface area (Å²) in [7, 11) is 0. The number of para-hydroxylation sites is 1. The van der Waals surface area contributed by atoms with Gasteiger partial charge in [-0.2, -0.15) is 0 Å². The molecule has 2 amide bonds. The van der Waals surface area contributed by atoms with Crippen LogP contribution in [-0.2, 0) is 11.2 Å². The largest absolute Gasteiger partial charge is 0.372 e. The molecule has 34 heavy (non-hydrogen) atoms. The van der Waals surface area contributed by atoms with Gasteiger partial charge in [0, 0.05) is 41.6 Å². The van der Waals surface area contributed by atoms with Gasteiger partial charge >= 0.3 is 0 Å². The minimum absolute atomic E-state index is 0.0680. The van der Waals surface area contributed by atoms with Crippen LogP contribution in [0.4, 0.5) is 17.1 Å². The van der Waals surface area contributed by atoms with E-state index in [1.165, 1.54) is 42.3 Å². The van der Waals surface area contributed by atoms with Crippen LogP contribution >= 0.6 is 11.8 Å². The Bertz CT molecular complexity index is 1170. The molecule has 0 aliphatic carbocycles. The second-order valence-corrected chi connectivity index (χ2v) is 9.77. The third kappa shape index (κ3) is 4.97. The van der Waals surface area contributed by atoms with E-state index in [1.54, 1.807) is 0 Å². The molecule has 5 rings (SSSR count). The normalized spacial score (nSPS) is 15.2. The number of anilines is 3. The fourth-order valence-corrected chi connectivity index (χ4v) is 5.63. The van der Waals surface area contributed by atoms with E-state index >= 15 is 0 Å². The van der Waals surface area contributed by atoms with Crippen LogP contribution < -0.4 is 15.1 Å². The van der Waals surface area contributed by atoms with E-state index in [4.69, 9.17) is 0 Å². The second-order valence-electron chi connectivity index (χ2n) is 8.76. The summed E-state index contributed by atoms with van der Waals surface area (Å²) in [4.78, 5) is 31.0. The van der Waals surface area contributed by atoms with E-state index in [1.807, 2.05) is 59.5 Å². The predicted molar refractivity (Wildman–Crippen MR) is 140 cm³/mol. The molecule has 0 atom stereocenters. The van der Waals surface area contributed by atoms with Crippen molar-refractivity contribution < 1.29 is 9.59 Å². The average molecular weight is 472 g/mol. The van der Waals surface area contributed by atoms with Crippen molar-refractivity contribution in [3.8, 4) is 0 Å². The van der Waals surface area contributed by atoms with Gasteiger partial charge in [-0.25, -0.2) is 0 Å². The number of hydrogen-bond acceptors (Lipinski definition) is 4. The Morgan fingerprint density at radius 2 is 1.56 bits per heavy atom. The lowest BCUT2D eigenvalue weighted by Gasteiger charge is -2.28. The van der Waals surface area contributed by atoms with Crippen molar-refractivity contribution in [2.75, 3.05) is 40.5 Å². The molecule has 0 saturated carbocycles. The molecule has 6 heteroatoms. The molecule has 0 aromatic heterocycles. The van der Waals surface area contributed by atoms with E-state index in [9.17, 15) is 9.59 Å². The zero-order valence-electron chi connectivity index (χ0n) is 19.2. The van der Waals surface area contributed by atoms with Crippen molar-refractivity contribution in [2.45, 2.75) is 30.6 Å². The number of carbonyl (C=O) groups excluding carboxylic acids is 2. The Morgan fingerprint density at radius 1 is 0.824 bits per heavy atom. The quantitative estimate of drug-likeness (QED) is 0.475. The van der Waals surface area contributed by atoms with Crippen LogP contribution in [0.25, 0.3) is 0 Å². The third-order valence-electron chi connectivity index (χ3n) is 6.52. The molecule has 2 aliphatic heterocycles. The van der Waals surface area contributed by atoms with Gasteiger partial charge in [0.15, 0.2) is 0 Å². The molecule has 0 radical (unpaired) electrons. The fraction of sp³-hybridized carbons (Fsp3) is 0.286. The minimum Gasteiger partial charge on any atom is -0.372 e. The van der Waals surface area contributed by atoms with Crippen molar-refractivity contribution in [3.63, 3.8) is 0 Å². The number of nitrogens with one attached hydrogen (secondary N) is 1. The highest BCUT2D eigenvalue weighted by Crippen LogP contribution is 2.30. The summed E-state index contributed by atoms with van der Waals surface area (Å²) in [5.74, 6) is 0.203. The zero-order valence-corrected chi connectivity index (χ0v) is 20.0. The topological polar surface area (TPSA) is 52.7 Å². The molecule has 3 aromatic rings. The van der Waals surface area contributed by atoms with Gasteiger partial charge in [-0.1, -0.05) is 30.3 Å². The number of rotatable bonds is 6. The molecule has 3 aromatic carbocycles. The van der Waals surface area contributed by atoms with Crippen molar-refractivity contribution in [2.24, 2.45) is 0 Å². The van der Waals surface area contributed by atoms with Crippen LogP contribution in [0.15, 0.2) is 77.7 Å². The first kappa shape index (κ1) is 22.5. The average Bonchev–Trinajstić information content (AvgIpc) is 3.33. The number of piperidine rings is 1. The fourth-order valence-electron chi connectivity index (χ4n) is 4.70. The Kier molecular flexibility index (Phi) is 6.86. The zero-order chi connectivity index (χ0) is 23.3. The van der Waals surface area contributed by atoms with E-state index in [2.05, 4.69) is 28.4 Å². The lowest BCUT2D eigenvalue weighted by Crippen LogP contribution is -2.30. The Balaban J connectivity index is 1.22. The first-order valence-corrected chi connectivity index (χ1v) is 12.9. The number of hydrogen-bond donors (Lipinski definition) is 1. The number of benzene rings is 3. The monoisotopic (exact) mass is 471 g/mol. The van der Waals surface area contributed by atoms with Crippen LogP contribution in [0.2, 0.25) is 0 Å². The van der Waals surface area contributed by atoms with Crippen molar-refractivity contribution in [1.29, 1.82) is 0 Å². The minimum atomic E-state index is -0.159. The maximum absolute atomic E-state index is 13.1. The number of nitrogens with zero attached hydrogens (tertiary/aromatic N) is 2. The van der Waals surface area contributed by atoms with Gasteiger partial charge in [0.1, 0.15) is 0 Å². The van der Waals surface area contributed by atoms with Gasteiger partial charge in [-0.3, -0.25) is 9.59 Å². The molecule has 0 bridgehead atoms. The highest BCUT2D eigenvalue weighted by molar-refractivity contribution is 8.00. The van der Waals surface area contributed by atoms with Crippen LogP contribution in [-0.4, -0.2) is 37.2 Å². The first-order chi connectivity index (χ1) is 16.7. The summed E-state index contributed by atoms with van der Waals surface area (Å²) in [5, 5.41) is 3.02. The predicted octanol–water partition coefficient (Wildman–Crippen LogP) is 5.61. The lowest BCUT2D eigenvalue weighted by atomic mass is 10.1. The Hall–Kier alpha value is -3.25. The molecule has 1 saturated heterocycles. The van der Waals surface area contributed by atoms with Crippen LogP contribution in [0, 0.1) is 0 Å². The molecule has 174 valence electrons. The standard InChI is InChI=1S/C28H29N3O2S/c32-27(31-19-16-21-8-2-4-10-25(21)31)20-34-26-11-5-3-9-24(26)28(33)29-22-12-14-23(15-13-22)30-17-6-1-7-18-30/h2-5,8-15H,1,6-7,16-20H2,(H,29,33). The molecule has 2 aliphatic rings. The Morgan fingerprint density at radius 3 is 2.38 bits per heavy atom. The van der Waals surface area contributed by atoms with E-state index in [0.717, 1.165) is 35.8 Å². The van der Waals surface area contributed by atoms with Crippen LogP contribution in [0.1, 0.15) is 35.2 Å². The van der Waals surface area contributed by atoms with Gasteiger partial charge in [-0.05, 0) is 73.7 Å². The number of carbonyl (C=O) groups is 2. The first-order valence-electron chi connectivity index (χ1n) is 12.0. The van der Waals surface area contributed by atoms with Gasteiger partial charge in [0.2, 0.25) is 5.91 Å². The molecule has 0 unspecified atom stereocenters. The summed E-state index contributed by atoms with van der Waals surface area (Å²) in [6.45, 7) is 2.91. The van der Waals surface area contributed by atoms with Gasteiger partial charge < -0.3 is 15.1 Å². The summed E-state index contributed by atoms with van der Waals surface area (Å²) in [6.07, 6.45) is 4.67. The smallest absolute Gasteiger partial charge is 0.256 e. The number of amides is 2. The highest BCUT2D eigenvalue weighted by atomic mass is 32.2. The van der Waals surface area contributed by atoms with Crippen LogP contribution in [0.5, 0.6) is 0 Å². The van der Waals surface area contributed by atoms with Crippen molar-refractivity contribution >= 4 is 40.6 Å². The number of thioether (sulfide) groups is 1. The molecule has 1 N–H and O–H groups in total. The van der Waals surface area contributed by atoms with E-state index < -0.39 is 0 Å². The maximum atomic E-state index is 13.1. The molecule has 2 heterocycles. The summed E-state index contributed by atoms with van der Waals surface area (Å²) in [6, 6.07) is 23.6. The summed E-state index contributed by atoms with van der Waals surface area (Å²) in [5.41, 5.74) is 4.78. The number of fused-ring (bicyclic) bond motifs is 1. The molecule has 5 nitrogen and oxygen atoms in total. The lowest BCUT2D eigenvalue weighted by molar-refractivity contribution is -0.116. The maximum Gasteiger partial charge on any atom is 0.256 e. The molecular weight excluding hydrogens is 442 g/mol. The molecule has 1 fully saturated rings. The summed E-state index contributed by atoms with van der Waals surface area (Å²) < 4.78 is 0. The van der Waals surface area contributed by atoms with Gasteiger partial charge in [0.25, 0.3) is 5.91 Å². The highest BCUT2D eigenvalue weighted by Gasteiger charge is 2.24. The van der Waals surface area contributed by atoms with Crippen molar-refractivity contribution in [1.82, 2.24) is 0 Å². The third-order valence-corrected chi connectivity index (χ3v) is 7.58. The second kappa shape index (κ2) is 10.3. The van der Waals surface area contributed by atoms with E-state index in [-0.39, 0.29) is 11.8 Å². The Labute approximate surface area is 205 Å². The molecule has 0 spiro atoms.